The molecule has 0 radical (unpaired) electrons. The van der Waals surface area contributed by atoms with Gasteiger partial charge in [-0.15, -0.1) is 11.6 Å². The lowest BCUT2D eigenvalue weighted by molar-refractivity contribution is 0.536. The van der Waals surface area contributed by atoms with Crippen molar-refractivity contribution in [3.8, 4) is 0 Å². The highest BCUT2D eigenvalue weighted by Crippen LogP contribution is 2.35. The second kappa shape index (κ2) is 5.95. The molecule has 0 heterocycles. The maximum absolute atomic E-state index is 6.46. The summed E-state index contributed by atoms with van der Waals surface area (Å²) in [5.74, 6) is 0. The van der Waals surface area contributed by atoms with Crippen LogP contribution >= 0.6 is 34.8 Å². The molecule has 2 aromatic carbocycles. The van der Waals surface area contributed by atoms with Crippen LogP contribution in [0.3, 0.4) is 0 Å². The molecule has 0 amide bonds. The molecule has 1 aliphatic rings. The number of fused-ring (bicyclic) bond motifs is 1. The van der Waals surface area contributed by atoms with Crippen LogP contribution in [0.4, 0.5) is 0 Å². The van der Waals surface area contributed by atoms with E-state index in [-0.39, 0.29) is 11.4 Å². The maximum atomic E-state index is 6.46. The number of alkyl halides is 1. The van der Waals surface area contributed by atoms with E-state index in [2.05, 4.69) is 29.6 Å². The van der Waals surface area contributed by atoms with E-state index in [1.165, 1.54) is 11.1 Å². The smallest absolute Gasteiger partial charge is 0.0595 e. The minimum atomic E-state index is 0.0928. The molecule has 1 N–H and O–H groups in total. The molecule has 0 saturated carbocycles. The first kappa shape index (κ1) is 14.2. The molecule has 2 atom stereocenters. The van der Waals surface area contributed by atoms with Crippen molar-refractivity contribution < 1.29 is 0 Å². The van der Waals surface area contributed by atoms with Gasteiger partial charge < -0.3 is 5.32 Å². The van der Waals surface area contributed by atoms with E-state index < -0.39 is 0 Å². The van der Waals surface area contributed by atoms with Crippen LogP contribution in [0.1, 0.15) is 22.7 Å². The predicted octanol–water partition coefficient (Wildman–Crippen LogP) is 4.99. The van der Waals surface area contributed by atoms with Gasteiger partial charge in [0.15, 0.2) is 0 Å². The second-order valence-electron chi connectivity index (χ2n) is 5.03. The molecule has 0 aliphatic heterocycles. The van der Waals surface area contributed by atoms with Gasteiger partial charge in [-0.3, -0.25) is 0 Å². The SMILES string of the molecule is Clc1ccc(CNC2c3ccccc3CC2Cl)cc1Cl. The van der Waals surface area contributed by atoms with E-state index in [9.17, 15) is 0 Å². The Morgan fingerprint density at radius 1 is 1.05 bits per heavy atom. The summed E-state index contributed by atoms with van der Waals surface area (Å²) in [5.41, 5.74) is 3.74. The zero-order valence-electron chi connectivity index (χ0n) is 10.7. The van der Waals surface area contributed by atoms with Crippen LogP contribution in [0.2, 0.25) is 10.0 Å². The van der Waals surface area contributed by atoms with Crippen LogP contribution in [-0.2, 0) is 13.0 Å². The zero-order chi connectivity index (χ0) is 14.1. The van der Waals surface area contributed by atoms with Crippen molar-refractivity contribution in [1.82, 2.24) is 5.32 Å². The molecule has 1 aliphatic carbocycles. The third-order valence-electron chi connectivity index (χ3n) is 3.68. The van der Waals surface area contributed by atoms with Gasteiger partial charge in [0.2, 0.25) is 0 Å². The molecule has 104 valence electrons. The lowest BCUT2D eigenvalue weighted by Crippen LogP contribution is -2.25. The third-order valence-corrected chi connectivity index (χ3v) is 4.82. The van der Waals surface area contributed by atoms with E-state index >= 15 is 0 Å². The molecule has 0 saturated heterocycles. The van der Waals surface area contributed by atoms with Gasteiger partial charge in [0, 0.05) is 12.6 Å². The molecule has 0 aromatic heterocycles. The van der Waals surface area contributed by atoms with Crippen molar-refractivity contribution in [3.05, 3.63) is 69.2 Å². The Morgan fingerprint density at radius 3 is 2.65 bits per heavy atom. The van der Waals surface area contributed by atoms with Crippen molar-refractivity contribution in [3.63, 3.8) is 0 Å². The Bertz CT molecular complexity index is 627. The first-order valence-electron chi connectivity index (χ1n) is 6.54. The van der Waals surface area contributed by atoms with Gasteiger partial charge in [0.05, 0.1) is 15.4 Å². The molecule has 1 nitrogen and oxygen atoms in total. The summed E-state index contributed by atoms with van der Waals surface area (Å²) in [6.07, 6.45) is 0.913. The van der Waals surface area contributed by atoms with Gasteiger partial charge >= 0.3 is 0 Å². The Labute approximate surface area is 133 Å². The molecule has 2 unspecified atom stereocenters. The normalized spacial score (nSPS) is 20.9. The summed E-state index contributed by atoms with van der Waals surface area (Å²) < 4.78 is 0. The lowest BCUT2D eigenvalue weighted by Gasteiger charge is -2.17. The molecule has 20 heavy (non-hydrogen) atoms. The van der Waals surface area contributed by atoms with Gasteiger partial charge in [0.1, 0.15) is 0 Å². The van der Waals surface area contributed by atoms with Crippen molar-refractivity contribution in [2.24, 2.45) is 0 Å². The largest absolute Gasteiger partial charge is 0.305 e. The van der Waals surface area contributed by atoms with Gasteiger partial charge in [-0.05, 0) is 35.2 Å². The summed E-state index contributed by atoms with van der Waals surface area (Å²) in [6, 6.07) is 14.3. The monoisotopic (exact) mass is 325 g/mol. The summed E-state index contributed by atoms with van der Waals surface area (Å²) >= 11 is 18.4. The van der Waals surface area contributed by atoms with E-state index in [0.717, 1.165) is 18.5 Å². The van der Waals surface area contributed by atoms with Crippen molar-refractivity contribution in [2.45, 2.75) is 24.4 Å². The minimum absolute atomic E-state index is 0.0928. The molecule has 0 bridgehead atoms. The highest BCUT2D eigenvalue weighted by molar-refractivity contribution is 6.42. The van der Waals surface area contributed by atoms with Crippen LogP contribution in [-0.4, -0.2) is 5.38 Å². The molecule has 0 fully saturated rings. The number of rotatable bonds is 3. The first-order valence-corrected chi connectivity index (χ1v) is 7.73. The summed E-state index contributed by atoms with van der Waals surface area (Å²) in [6.45, 7) is 0.721. The molecule has 0 spiro atoms. The number of halogens is 3. The summed E-state index contributed by atoms with van der Waals surface area (Å²) in [5, 5.41) is 4.77. The Balaban J connectivity index is 1.74. The lowest BCUT2D eigenvalue weighted by atomic mass is 10.1. The fourth-order valence-corrected chi connectivity index (χ4v) is 3.37. The van der Waals surface area contributed by atoms with Crippen molar-refractivity contribution in [1.29, 1.82) is 0 Å². The molecule has 2 aromatic rings. The summed E-state index contributed by atoms with van der Waals surface area (Å²) in [4.78, 5) is 0. The Hall–Kier alpha value is -0.730. The minimum Gasteiger partial charge on any atom is -0.305 e. The van der Waals surface area contributed by atoms with Gasteiger partial charge in [-0.2, -0.15) is 0 Å². The number of nitrogens with one attached hydrogen (secondary N) is 1. The van der Waals surface area contributed by atoms with Gasteiger partial charge in [0.25, 0.3) is 0 Å². The molecule has 4 heteroatoms. The zero-order valence-corrected chi connectivity index (χ0v) is 13.0. The van der Waals surface area contributed by atoms with Crippen LogP contribution in [0, 0.1) is 0 Å². The highest BCUT2D eigenvalue weighted by Gasteiger charge is 2.30. The molecule has 3 rings (SSSR count). The standard InChI is InChI=1S/C16H14Cl3N/c17-13-6-5-10(7-14(13)18)9-20-16-12-4-2-1-3-11(12)8-15(16)19/h1-7,15-16,20H,8-9H2. The Kier molecular flexibility index (Phi) is 4.23. The van der Waals surface area contributed by atoms with Crippen LogP contribution < -0.4 is 5.32 Å². The second-order valence-corrected chi connectivity index (χ2v) is 6.40. The average molecular weight is 327 g/mol. The summed E-state index contributed by atoms with van der Waals surface area (Å²) in [7, 11) is 0. The van der Waals surface area contributed by atoms with Gasteiger partial charge in [-0.1, -0.05) is 53.5 Å². The van der Waals surface area contributed by atoms with Crippen molar-refractivity contribution >= 4 is 34.8 Å². The van der Waals surface area contributed by atoms with Gasteiger partial charge in [-0.25, -0.2) is 0 Å². The van der Waals surface area contributed by atoms with Crippen LogP contribution in [0.25, 0.3) is 0 Å². The highest BCUT2D eigenvalue weighted by atomic mass is 35.5. The number of hydrogen-bond acceptors (Lipinski definition) is 1. The van der Waals surface area contributed by atoms with E-state index in [0.29, 0.717) is 10.0 Å². The maximum Gasteiger partial charge on any atom is 0.0595 e. The van der Waals surface area contributed by atoms with Crippen molar-refractivity contribution in [2.75, 3.05) is 0 Å². The van der Waals surface area contributed by atoms with E-state index in [1.807, 2.05) is 18.2 Å². The van der Waals surface area contributed by atoms with Crippen LogP contribution in [0.15, 0.2) is 42.5 Å². The van der Waals surface area contributed by atoms with E-state index in [1.54, 1.807) is 0 Å². The predicted molar refractivity (Wildman–Crippen MR) is 85.8 cm³/mol. The Morgan fingerprint density at radius 2 is 1.85 bits per heavy atom. The van der Waals surface area contributed by atoms with Crippen LogP contribution in [0.5, 0.6) is 0 Å². The topological polar surface area (TPSA) is 12.0 Å². The fraction of sp³-hybridized carbons (Fsp3) is 0.250. The quantitative estimate of drug-likeness (QED) is 0.784. The number of benzene rings is 2. The molecular weight excluding hydrogens is 313 g/mol. The average Bonchev–Trinajstić information content (AvgIpc) is 2.76. The molecular formula is C16H14Cl3N. The third kappa shape index (κ3) is 2.82. The number of hydrogen-bond donors (Lipinski definition) is 1. The first-order chi connectivity index (χ1) is 9.65. The fourth-order valence-electron chi connectivity index (χ4n) is 2.66. The van der Waals surface area contributed by atoms with E-state index in [4.69, 9.17) is 34.8 Å².